The van der Waals surface area contributed by atoms with Crippen LogP contribution >= 0.6 is 0 Å². The first-order valence-electron chi connectivity index (χ1n) is 11.6. The summed E-state index contributed by atoms with van der Waals surface area (Å²) in [5.74, 6) is 0.646. The highest BCUT2D eigenvalue weighted by Gasteiger charge is 2.26. The summed E-state index contributed by atoms with van der Waals surface area (Å²) in [4.78, 5) is 27.9. The van der Waals surface area contributed by atoms with Gasteiger partial charge in [-0.2, -0.15) is 5.10 Å². The zero-order valence-electron chi connectivity index (χ0n) is 21.5. The van der Waals surface area contributed by atoms with Crippen LogP contribution in [0.2, 0.25) is 0 Å². The van der Waals surface area contributed by atoms with Gasteiger partial charge < -0.3 is 19.7 Å². The maximum absolute atomic E-state index is 13.4. The van der Waals surface area contributed by atoms with Crippen LogP contribution in [0.15, 0.2) is 48.5 Å². The first kappa shape index (κ1) is 25.8. The maximum Gasteiger partial charge on any atom is 0.261 e. The summed E-state index contributed by atoms with van der Waals surface area (Å²) in [6.45, 7) is 10.2. The van der Waals surface area contributed by atoms with E-state index in [2.05, 4.69) is 26.1 Å². The van der Waals surface area contributed by atoms with Crippen LogP contribution in [-0.2, 0) is 10.2 Å². The minimum Gasteiger partial charge on any atom is -0.496 e. The number of carbonyl (C=O) groups excluding carboxylic acids is 2. The molecule has 8 heteroatoms. The summed E-state index contributed by atoms with van der Waals surface area (Å²) in [5.41, 5.74) is 2.85. The number of benzene rings is 2. The molecule has 3 aromatic rings. The summed E-state index contributed by atoms with van der Waals surface area (Å²) < 4.78 is 12.5. The van der Waals surface area contributed by atoms with Crippen LogP contribution in [0.3, 0.4) is 0 Å². The number of methoxy groups -OCH3 is 2. The van der Waals surface area contributed by atoms with Crippen molar-refractivity contribution in [2.75, 3.05) is 32.6 Å². The van der Waals surface area contributed by atoms with Crippen molar-refractivity contribution in [1.29, 1.82) is 0 Å². The van der Waals surface area contributed by atoms with Crippen LogP contribution in [0.4, 0.5) is 5.82 Å². The molecule has 1 aromatic heterocycles. The first-order chi connectivity index (χ1) is 16.6. The number of rotatable bonds is 8. The number of anilines is 1. The van der Waals surface area contributed by atoms with Crippen molar-refractivity contribution in [3.8, 4) is 17.2 Å². The molecular weight excluding hydrogens is 444 g/mol. The fourth-order valence-corrected chi connectivity index (χ4v) is 3.70. The highest BCUT2D eigenvalue weighted by molar-refractivity contribution is 6.02. The van der Waals surface area contributed by atoms with E-state index in [4.69, 9.17) is 14.6 Å². The van der Waals surface area contributed by atoms with Crippen molar-refractivity contribution in [2.45, 2.75) is 40.0 Å². The van der Waals surface area contributed by atoms with Crippen LogP contribution in [0, 0.1) is 6.92 Å². The Balaban J connectivity index is 1.89. The quantitative estimate of drug-likeness (QED) is 0.512. The lowest BCUT2D eigenvalue weighted by atomic mass is 9.92. The van der Waals surface area contributed by atoms with Gasteiger partial charge >= 0.3 is 0 Å². The van der Waals surface area contributed by atoms with Gasteiger partial charge in [-0.1, -0.05) is 39.0 Å². The molecule has 0 fully saturated rings. The number of likely N-dealkylation sites (N-methyl/N-ethyl adjacent to an activating group) is 1. The van der Waals surface area contributed by atoms with Gasteiger partial charge in [-0.15, -0.1) is 0 Å². The Labute approximate surface area is 206 Å². The predicted molar refractivity (Wildman–Crippen MR) is 137 cm³/mol. The third-order valence-corrected chi connectivity index (χ3v) is 5.64. The second-order valence-corrected chi connectivity index (χ2v) is 9.32. The molecular formula is C27H34N4O4. The SMILES string of the molecule is CCN(CC(=O)Nc1cc(C(C)(C)C)nn1-c1cccc(C)c1)C(=O)c1c(OC)cccc1OC. The summed E-state index contributed by atoms with van der Waals surface area (Å²) in [6.07, 6.45) is 0. The minimum absolute atomic E-state index is 0.139. The number of nitrogens with zero attached hydrogens (tertiary/aromatic N) is 3. The van der Waals surface area contributed by atoms with Gasteiger partial charge in [-0.25, -0.2) is 4.68 Å². The lowest BCUT2D eigenvalue weighted by Gasteiger charge is -2.22. The molecule has 8 nitrogen and oxygen atoms in total. The van der Waals surface area contributed by atoms with Gasteiger partial charge in [-0.05, 0) is 43.7 Å². The standard InChI is InChI=1S/C27H34N4O4/c1-8-30(26(33)25-20(34-6)13-10-14-21(25)35-7)17-24(32)28-23-16-22(27(3,4)5)29-31(23)19-12-9-11-18(2)15-19/h9-16H,8,17H2,1-7H3,(H,28,32). The van der Waals surface area contributed by atoms with Crippen molar-refractivity contribution in [2.24, 2.45) is 0 Å². The second kappa shape index (κ2) is 10.6. The third-order valence-electron chi connectivity index (χ3n) is 5.64. The van der Waals surface area contributed by atoms with E-state index in [1.807, 2.05) is 44.2 Å². The van der Waals surface area contributed by atoms with Crippen LogP contribution in [0.5, 0.6) is 11.5 Å². The van der Waals surface area contributed by atoms with Gasteiger partial charge in [0, 0.05) is 18.0 Å². The molecule has 0 bridgehead atoms. The predicted octanol–water partition coefficient (Wildman–Crippen LogP) is 4.60. The molecule has 2 amide bonds. The molecule has 0 saturated carbocycles. The molecule has 2 aromatic carbocycles. The largest absolute Gasteiger partial charge is 0.496 e. The molecule has 0 radical (unpaired) electrons. The van der Waals surface area contributed by atoms with Crippen LogP contribution in [0.25, 0.3) is 5.69 Å². The van der Waals surface area contributed by atoms with Crippen molar-refractivity contribution < 1.29 is 19.1 Å². The van der Waals surface area contributed by atoms with E-state index in [0.29, 0.717) is 23.9 Å². The van der Waals surface area contributed by atoms with E-state index in [1.165, 1.54) is 19.1 Å². The number of hydrogen-bond acceptors (Lipinski definition) is 5. The summed E-state index contributed by atoms with van der Waals surface area (Å²) in [5, 5.41) is 7.72. The molecule has 3 rings (SSSR count). The second-order valence-electron chi connectivity index (χ2n) is 9.32. The number of aromatic nitrogens is 2. The van der Waals surface area contributed by atoms with E-state index >= 15 is 0 Å². The highest BCUT2D eigenvalue weighted by Crippen LogP contribution is 2.30. The van der Waals surface area contributed by atoms with E-state index in [0.717, 1.165) is 16.9 Å². The third kappa shape index (κ3) is 5.82. The van der Waals surface area contributed by atoms with Gasteiger partial charge in [0.2, 0.25) is 5.91 Å². The Kier molecular flexibility index (Phi) is 7.84. The smallest absolute Gasteiger partial charge is 0.261 e. The average molecular weight is 479 g/mol. The van der Waals surface area contributed by atoms with Crippen molar-refractivity contribution in [3.63, 3.8) is 0 Å². The molecule has 0 unspecified atom stereocenters. The van der Waals surface area contributed by atoms with E-state index in [9.17, 15) is 9.59 Å². The monoisotopic (exact) mass is 478 g/mol. The topological polar surface area (TPSA) is 85.7 Å². The number of hydrogen-bond donors (Lipinski definition) is 1. The van der Waals surface area contributed by atoms with Gasteiger partial charge in [0.25, 0.3) is 5.91 Å². The zero-order chi connectivity index (χ0) is 25.8. The number of amides is 2. The summed E-state index contributed by atoms with van der Waals surface area (Å²) in [6, 6.07) is 14.9. The van der Waals surface area contributed by atoms with Crippen molar-refractivity contribution in [1.82, 2.24) is 14.7 Å². The molecule has 0 aliphatic carbocycles. The van der Waals surface area contributed by atoms with E-state index in [-0.39, 0.29) is 29.3 Å². The fraction of sp³-hybridized carbons (Fsp3) is 0.370. The van der Waals surface area contributed by atoms with Crippen molar-refractivity contribution >= 4 is 17.6 Å². The van der Waals surface area contributed by atoms with Crippen LogP contribution < -0.4 is 14.8 Å². The van der Waals surface area contributed by atoms with Gasteiger partial charge in [0.05, 0.1) is 25.6 Å². The van der Waals surface area contributed by atoms with E-state index < -0.39 is 0 Å². The molecule has 0 aliphatic heterocycles. The Morgan fingerprint density at radius 2 is 1.66 bits per heavy atom. The van der Waals surface area contributed by atoms with Crippen LogP contribution in [0.1, 0.15) is 49.3 Å². The minimum atomic E-state index is -0.348. The fourth-order valence-electron chi connectivity index (χ4n) is 3.70. The van der Waals surface area contributed by atoms with Gasteiger partial charge in [0.15, 0.2) is 0 Å². The Hall–Kier alpha value is -3.81. The highest BCUT2D eigenvalue weighted by atomic mass is 16.5. The van der Waals surface area contributed by atoms with Gasteiger partial charge in [-0.3, -0.25) is 9.59 Å². The number of aryl methyl sites for hydroxylation is 1. The molecule has 1 heterocycles. The molecule has 186 valence electrons. The normalized spacial score (nSPS) is 11.2. The Morgan fingerprint density at radius 3 is 2.20 bits per heavy atom. The lowest BCUT2D eigenvalue weighted by Crippen LogP contribution is -2.38. The van der Waals surface area contributed by atoms with Gasteiger partial charge in [0.1, 0.15) is 29.4 Å². The molecule has 35 heavy (non-hydrogen) atoms. The first-order valence-corrected chi connectivity index (χ1v) is 11.6. The van der Waals surface area contributed by atoms with Crippen molar-refractivity contribution in [3.05, 3.63) is 65.4 Å². The average Bonchev–Trinajstić information content (AvgIpc) is 3.25. The van der Waals surface area contributed by atoms with E-state index in [1.54, 1.807) is 22.9 Å². The molecule has 0 saturated heterocycles. The zero-order valence-corrected chi connectivity index (χ0v) is 21.5. The number of ether oxygens (including phenoxy) is 2. The Morgan fingerprint density at radius 1 is 1.03 bits per heavy atom. The van der Waals surface area contributed by atoms with Crippen LogP contribution in [-0.4, -0.2) is 53.8 Å². The molecule has 0 atom stereocenters. The number of carbonyl (C=O) groups is 2. The maximum atomic E-state index is 13.4. The lowest BCUT2D eigenvalue weighted by molar-refractivity contribution is -0.116. The molecule has 0 aliphatic rings. The molecule has 0 spiro atoms. The number of nitrogens with one attached hydrogen (secondary N) is 1. The molecule has 1 N–H and O–H groups in total. The Bertz CT molecular complexity index is 1190. The summed E-state index contributed by atoms with van der Waals surface area (Å²) in [7, 11) is 2.99. The summed E-state index contributed by atoms with van der Waals surface area (Å²) >= 11 is 0.